The van der Waals surface area contributed by atoms with Crippen molar-refractivity contribution in [2.24, 2.45) is 0 Å². The van der Waals surface area contributed by atoms with Crippen molar-refractivity contribution in [3.05, 3.63) is 88.9 Å². The first kappa shape index (κ1) is 26.4. The maximum absolute atomic E-state index is 13.2. The van der Waals surface area contributed by atoms with E-state index in [4.69, 9.17) is 25.8 Å². The van der Waals surface area contributed by atoms with Gasteiger partial charge in [-0.05, 0) is 47.5 Å². The van der Waals surface area contributed by atoms with Gasteiger partial charge < -0.3 is 14.2 Å². The fourth-order valence-corrected chi connectivity index (χ4v) is 5.89. The maximum atomic E-state index is 13.2. The van der Waals surface area contributed by atoms with Gasteiger partial charge in [-0.15, -0.1) is 0 Å². The summed E-state index contributed by atoms with van der Waals surface area (Å²) in [6, 6.07) is 22.1. The van der Waals surface area contributed by atoms with E-state index in [2.05, 4.69) is 4.90 Å². The van der Waals surface area contributed by atoms with E-state index in [1.807, 2.05) is 48.5 Å². The summed E-state index contributed by atoms with van der Waals surface area (Å²) in [5.41, 5.74) is 1.99. The van der Waals surface area contributed by atoms with Gasteiger partial charge in [-0.2, -0.15) is 4.31 Å². The third-order valence-corrected chi connectivity index (χ3v) is 8.37. The van der Waals surface area contributed by atoms with Crippen LogP contribution in [0, 0.1) is 0 Å². The predicted molar refractivity (Wildman–Crippen MR) is 140 cm³/mol. The van der Waals surface area contributed by atoms with Gasteiger partial charge in [-0.3, -0.25) is 4.90 Å². The third kappa shape index (κ3) is 6.57. The maximum Gasteiger partial charge on any atom is 0.243 e. The van der Waals surface area contributed by atoms with Crippen LogP contribution in [0.5, 0.6) is 11.5 Å². The van der Waals surface area contributed by atoms with Crippen LogP contribution < -0.4 is 9.47 Å². The van der Waals surface area contributed by atoms with Gasteiger partial charge >= 0.3 is 0 Å². The smallest absolute Gasteiger partial charge is 0.243 e. The van der Waals surface area contributed by atoms with Gasteiger partial charge in [0.1, 0.15) is 11.5 Å². The molecule has 0 aliphatic carbocycles. The molecule has 0 unspecified atom stereocenters. The lowest BCUT2D eigenvalue weighted by Gasteiger charge is -2.36. The SMILES string of the molecule is COc1cccc([C@@H](CN2CCN(S(=O)(=O)c3cccc(OC)c3)CC2)OCc2cccc(Cl)c2)c1. The van der Waals surface area contributed by atoms with Gasteiger partial charge in [-0.1, -0.05) is 41.9 Å². The van der Waals surface area contributed by atoms with E-state index in [-0.39, 0.29) is 11.0 Å². The molecule has 0 amide bonds. The zero-order valence-corrected chi connectivity index (χ0v) is 22.0. The minimum atomic E-state index is -3.59. The topological polar surface area (TPSA) is 68.3 Å². The molecule has 36 heavy (non-hydrogen) atoms. The third-order valence-electron chi connectivity index (χ3n) is 6.24. The van der Waals surface area contributed by atoms with E-state index < -0.39 is 10.0 Å². The largest absolute Gasteiger partial charge is 0.497 e. The van der Waals surface area contributed by atoms with Crippen molar-refractivity contribution < 1.29 is 22.6 Å². The van der Waals surface area contributed by atoms with Gasteiger partial charge in [0.2, 0.25) is 10.0 Å². The second-order valence-electron chi connectivity index (χ2n) is 8.59. The van der Waals surface area contributed by atoms with E-state index in [1.165, 1.54) is 11.4 Å². The Kier molecular flexibility index (Phi) is 8.87. The molecule has 9 heteroatoms. The Balaban J connectivity index is 1.44. The highest BCUT2D eigenvalue weighted by atomic mass is 35.5. The van der Waals surface area contributed by atoms with Crippen LogP contribution in [-0.4, -0.2) is 64.6 Å². The number of methoxy groups -OCH3 is 2. The lowest BCUT2D eigenvalue weighted by Crippen LogP contribution is -2.49. The average Bonchev–Trinajstić information content (AvgIpc) is 2.91. The Bertz CT molecular complexity index is 1260. The van der Waals surface area contributed by atoms with E-state index in [0.717, 1.165) is 16.9 Å². The van der Waals surface area contributed by atoms with E-state index >= 15 is 0 Å². The van der Waals surface area contributed by atoms with Crippen molar-refractivity contribution in [1.29, 1.82) is 0 Å². The zero-order chi connectivity index (χ0) is 25.5. The predicted octanol–water partition coefficient (Wildman–Crippen LogP) is 4.62. The summed E-state index contributed by atoms with van der Waals surface area (Å²) in [7, 11) is -0.424. The highest BCUT2D eigenvalue weighted by molar-refractivity contribution is 7.89. The lowest BCUT2D eigenvalue weighted by molar-refractivity contribution is 0.00763. The monoisotopic (exact) mass is 530 g/mol. The molecule has 1 aliphatic rings. The van der Waals surface area contributed by atoms with Crippen LogP contribution in [0.2, 0.25) is 5.02 Å². The van der Waals surface area contributed by atoms with Gasteiger partial charge in [0.15, 0.2) is 0 Å². The van der Waals surface area contributed by atoms with Crippen molar-refractivity contribution in [1.82, 2.24) is 9.21 Å². The molecule has 192 valence electrons. The number of piperazine rings is 1. The lowest BCUT2D eigenvalue weighted by atomic mass is 10.1. The molecule has 0 bridgehead atoms. The molecule has 0 N–H and O–H groups in total. The summed E-state index contributed by atoms with van der Waals surface area (Å²) in [4.78, 5) is 2.48. The number of nitrogens with zero attached hydrogens (tertiary/aromatic N) is 2. The van der Waals surface area contributed by atoms with Crippen molar-refractivity contribution in [3.63, 3.8) is 0 Å². The molecule has 0 saturated carbocycles. The highest BCUT2D eigenvalue weighted by Crippen LogP contribution is 2.27. The van der Waals surface area contributed by atoms with Crippen LogP contribution in [0.25, 0.3) is 0 Å². The fourth-order valence-electron chi connectivity index (χ4n) is 4.22. The van der Waals surface area contributed by atoms with Crippen LogP contribution in [0.15, 0.2) is 77.7 Å². The number of sulfonamides is 1. The number of hydrogen-bond acceptors (Lipinski definition) is 6. The molecule has 1 atom stereocenters. The molecule has 0 aromatic heterocycles. The molecular weight excluding hydrogens is 500 g/mol. The zero-order valence-electron chi connectivity index (χ0n) is 20.5. The Morgan fingerprint density at radius 3 is 2.22 bits per heavy atom. The van der Waals surface area contributed by atoms with Crippen LogP contribution in [0.3, 0.4) is 0 Å². The summed E-state index contributed by atoms with van der Waals surface area (Å²) >= 11 is 6.14. The first-order valence-electron chi connectivity index (χ1n) is 11.8. The number of hydrogen-bond donors (Lipinski definition) is 0. The molecule has 3 aromatic carbocycles. The fraction of sp³-hybridized carbons (Fsp3) is 0.333. The van der Waals surface area contributed by atoms with Gasteiger partial charge in [0, 0.05) is 43.8 Å². The van der Waals surface area contributed by atoms with Crippen molar-refractivity contribution in [2.75, 3.05) is 46.9 Å². The Morgan fingerprint density at radius 1 is 0.861 bits per heavy atom. The van der Waals surface area contributed by atoms with E-state index in [1.54, 1.807) is 31.4 Å². The van der Waals surface area contributed by atoms with Gasteiger partial charge in [-0.25, -0.2) is 8.42 Å². The minimum absolute atomic E-state index is 0.222. The molecule has 1 aliphatic heterocycles. The van der Waals surface area contributed by atoms with Crippen LogP contribution >= 0.6 is 11.6 Å². The van der Waals surface area contributed by atoms with E-state index in [9.17, 15) is 8.42 Å². The number of benzene rings is 3. The molecule has 3 aromatic rings. The van der Waals surface area contributed by atoms with Gasteiger partial charge in [0.25, 0.3) is 0 Å². The molecule has 0 spiro atoms. The number of ether oxygens (including phenoxy) is 3. The first-order valence-corrected chi connectivity index (χ1v) is 13.6. The molecule has 4 rings (SSSR count). The molecule has 7 nitrogen and oxygen atoms in total. The van der Waals surface area contributed by atoms with Gasteiger partial charge in [0.05, 0.1) is 31.8 Å². The second-order valence-corrected chi connectivity index (χ2v) is 11.0. The van der Waals surface area contributed by atoms with Crippen molar-refractivity contribution in [3.8, 4) is 11.5 Å². The van der Waals surface area contributed by atoms with E-state index in [0.29, 0.717) is 50.1 Å². The molecule has 1 fully saturated rings. The summed E-state index contributed by atoms with van der Waals surface area (Å²) in [5.74, 6) is 1.28. The Morgan fingerprint density at radius 2 is 1.53 bits per heavy atom. The summed E-state index contributed by atoms with van der Waals surface area (Å²) in [5, 5.41) is 0.669. The van der Waals surface area contributed by atoms with Crippen molar-refractivity contribution >= 4 is 21.6 Å². The van der Waals surface area contributed by atoms with Crippen LogP contribution in [0.1, 0.15) is 17.2 Å². The second kappa shape index (κ2) is 12.1. The van der Waals surface area contributed by atoms with Crippen molar-refractivity contribution in [2.45, 2.75) is 17.6 Å². The normalized spacial score (nSPS) is 16.0. The Labute approximate surface area is 218 Å². The summed E-state index contributed by atoms with van der Waals surface area (Å²) < 4.78 is 44.8. The molecule has 0 radical (unpaired) electrons. The quantitative estimate of drug-likeness (QED) is 0.381. The highest BCUT2D eigenvalue weighted by Gasteiger charge is 2.30. The van der Waals surface area contributed by atoms with Crippen LogP contribution in [-0.2, 0) is 21.4 Å². The molecular formula is C27H31ClN2O5S. The Hall–Kier alpha value is -2.62. The molecule has 1 saturated heterocycles. The summed E-state index contributed by atoms with van der Waals surface area (Å²) in [6.07, 6.45) is -0.222. The molecule has 1 heterocycles. The first-order chi connectivity index (χ1) is 17.4. The number of halogens is 1. The number of rotatable bonds is 10. The minimum Gasteiger partial charge on any atom is -0.497 e. The summed E-state index contributed by atoms with van der Waals surface area (Å²) in [6.45, 7) is 3.04. The standard InChI is InChI=1S/C27H31ClN2O5S/c1-33-24-9-4-7-22(17-24)27(35-20-21-6-3-8-23(28)16-21)19-29-12-14-30(15-13-29)36(31,32)26-11-5-10-25(18-26)34-2/h3-11,16-18,27H,12-15,19-20H2,1-2H3/t27-/m1/s1. The average molecular weight is 531 g/mol. The van der Waals surface area contributed by atoms with Crippen LogP contribution in [0.4, 0.5) is 0 Å².